The molecule has 2 aliphatic rings. The highest BCUT2D eigenvalue weighted by Crippen LogP contribution is 2.37. The van der Waals surface area contributed by atoms with Crippen molar-refractivity contribution < 1.29 is 4.79 Å². The standard InChI is InChI=1S/C16H18N2O.C2H6/c1-10-5-4-6-13-9-18(12(3)15(10)13)14-8-7-11(2)17-16(14)19;1-2/h4-6,14H,2-3,7-9H2,1H3,(H,17,19);1-2H3. The molecule has 3 nitrogen and oxygen atoms in total. The molecule has 112 valence electrons. The maximum Gasteiger partial charge on any atom is 0.246 e. The van der Waals surface area contributed by atoms with Crippen molar-refractivity contribution in [3.63, 3.8) is 0 Å². The van der Waals surface area contributed by atoms with Gasteiger partial charge in [-0.15, -0.1) is 0 Å². The van der Waals surface area contributed by atoms with E-state index in [1.54, 1.807) is 0 Å². The molecule has 0 aromatic heterocycles. The van der Waals surface area contributed by atoms with Crippen LogP contribution in [0.3, 0.4) is 0 Å². The van der Waals surface area contributed by atoms with Crippen LogP contribution < -0.4 is 5.32 Å². The number of fused-ring (bicyclic) bond motifs is 1. The average molecular weight is 284 g/mol. The topological polar surface area (TPSA) is 32.3 Å². The monoisotopic (exact) mass is 284 g/mol. The number of benzene rings is 1. The van der Waals surface area contributed by atoms with Crippen LogP contribution >= 0.6 is 0 Å². The summed E-state index contributed by atoms with van der Waals surface area (Å²) in [6.45, 7) is 14.9. The van der Waals surface area contributed by atoms with Crippen molar-refractivity contribution in [1.29, 1.82) is 0 Å². The number of hydrogen-bond acceptors (Lipinski definition) is 2. The summed E-state index contributed by atoms with van der Waals surface area (Å²) in [5.74, 6) is 0.0443. The van der Waals surface area contributed by atoms with E-state index in [2.05, 4.69) is 48.5 Å². The third-order valence-corrected chi connectivity index (χ3v) is 4.03. The third-order valence-electron chi connectivity index (χ3n) is 4.03. The number of nitrogens with zero attached hydrogens (tertiary/aromatic N) is 1. The molecular formula is C18H24N2O. The summed E-state index contributed by atoms with van der Waals surface area (Å²) < 4.78 is 0. The lowest BCUT2D eigenvalue weighted by molar-refractivity contribution is -0.125. The molecule has 1 amide bonds. The Balaban J connectivity index is 0.000000774. The first-order valence-corrected chi connectivity index (χ1v) is 7.61. The predicted octanol–water partition coefficient (Wildman–Crippen LogP) is 3.60. The van der Waals surface area contributed by atoms with E-state index in [1.165, 1.54) is 16.7 Å². The molecule has 3 rings (SSSR count). The molecule has 0 radical (unpaired) electrons. The van der Waals surface area contributed by atoms with Crippen molar-refractivity contribution in [2.75, 3.05) is 0 Å². The first kappa shape index (κ1) is 15.4. The molecule has 1 aromatic rings. The first-order chi connectivity index (χ1) is 10.1. The van der Waals surface area contributed by atoms with Gasteiger partial charge in [0.15, 0.2) is 0 Å². The van der Waals surface area contributed by atoms with Crippen LogP contribution in [-0.2, 0) is 11.3 Å². The van der Waals surface area contributed by atoms with Crippen molar-refractivity contribution >= 4 is 11.6 Å². The zero-order valence-corrected chi connectivity index (χ0v) is 13.2. The molecule has 3 heteroatoms. The van der Waals surface area contributed by atoms with Gasteiger partial charge in [0.1, 0.15) is 6.04 Å². The van der Waals surface area contributed by atoms with Gasteiger partial charge in [0.2, 0.25) is 5.91 Å². The fourth-order valence-electron chi connectivity index (χ4n) is 3.05. The second-order valence-electron chi connectivity index (χ2n) is 5.33. The SMILES string of the molecule is C=C1CCC(N2Cc3cccc(C)c3C2=C)C(=O)N1.CC. The number of allylic oxidation sites excluding steroid dienone is 1. The molecule has 2 heterocycles. The van der Waals surface area contributed by atoms with Crippen LogP contribution in [0.2, 0.25) is 0 Å². The number of rotatable bonds is 1. The Labute approximate surface area is 127 Å². The Bertz CT molecular complexity index is 589. The lowest BCUT2D eigenvalue weighted by atomic mass is 10.0. The molecule has 0 spiro atoms. The summed E-state index contributed by atoms with van der Waals surface area (Å²) >= 11 is 0. The van der Waals surface area contributed by atoms with Gasteiger partial charge < -0.3 is 10.2 Å². The molecule has 21 heavy (non-hydrogen) atoms. The average Bonchev–Trinajstić information content (AvgIpc) is 2.80. The number of carbonyl (C=O) groups excluding carboxylic acids is 1. The molecule has 0 bridgehead atoms. The number of aryl methyl sites for hydroxylation is 1. The van der Waals surface area contributed by atoms with E-state index in [1.807, 2.05) is 13.8 Å². The van der Waals surface area contributed by atoms with E-state index in [0.717, 1.165) is 30.8 Å². The molecule has 2 aliphatic heterocycles. The summed E-state index contributed by atoms with van der Waals surface area (Å²) in [6, 6.07) is 6.15. The van der Waals surface area contributed by atoms with Crippen LogP contribution in [0.5, 0.6) is 0 Å². The highest BCUT2D eigenvalue weighted by molar-refractivity contribution is 5.87. The molecule has 1 unspecified atom stereocenters. The van der Waals surface area contributed by atoms with Gasteiger partial charge in [-0.3, -0.25) is 4.79 Å². The van der Waals surface area contributed by atoms with Gasteiger partial charge in [0.25, 0.3) is 0 Å². The Morgan fingerprint density at radius 1 is 1.29 bits per heavy atom. The summed E-state index contributed by atoms with van der Waals surface area (Å²) in [6.07, 6.45) is 1.66. The number of hydrogen-bond donors (Lipinski definition) is 1. The zero-order valence-electron chi connectivity index (χ0n) is 13.2. The second kappa shape index (κ2) is 6.17. The summed E-state index contributed by atoms with van der Waals surface area (Å²) in [5.41, 5.74) is 5.49. The zero-order chi connectivity index (χ0) is 15.6. The summed E-state index contributed by atoms with van der Waals surface area (Å²) in [4.78, 5) is 14.2. The van der Waals surface area contributed by atoms with Gasteiger partial charge in [0.05, 0.1) is 0 Å². The van der Waals surface area contributed by atoms with Gasteiger partial charge in [0, 0.05) is 23.5 Å². The van der Waals surface area contributed by atoms with Gasteiger partial charge in [-0.25, -0.2) is 0 Å². The van der Waals surface area contributed by atoms with Crippen LogP contribution in [-0.4, -0.2) is 16.8 Å². The van der Waals surface area contributed by atoms with Gasteiger partial charge in [-0.1, -0.05) is 45.2 Å². The highest BCUT2D eigenvalue weighted by Gasteiger charge is 2.35. The van der Waals surface area contributed by atoms with Crippen LogP contribution in [0, 0.1) is 6.92 Å². The second-order valence-corrected chi connectivity index (χ2v) is 5.33. The van der Waals surface area contributed by atoms with Crippen LogP contribution in [0.1, 0.15) is 43.4 Å². The smallest absolute Gasteiger partial charge is 0.246 e. The number of carbonyl (C=O) groups is 1. The lowest BCUT2D eigenvalue weighted by Crippen LogP contribution is -2.47. The van der Waals surface area contributed by atoms with E-state index >= 15 is 0 Å². The Kier molecular flexibility index (Phi) is 4.51. The first-order valence-electron chi connectivity index (χ1n) is 7.61. The fraction of sp³-hybridized carbons (Fsp3) is 0.389. The normalized spacial score (nSPS) is 20.6. The molecule has 1 aromatic carbocycles. The fourth-order valence-corrected chi connectivity index (χ4v) is 3.05. The van der Waals surface area contributed by atoms with E-state index in [0.29, 0.717) is 0 Å². The van der Waals surface area contributed by atoms with Crippen LogP contribution in [0.15, 0.2) is 37.1 Å². The van der Waals surface area contributed by atoms with E-state index in [9.17, 15) is 4.79 Å². The molecule has 0 saturated carbocycles. The van der Waals surface area contributed by atoms with Crippen molar-refractivity contribution in [2.24, 2.45) is 0 Å². The van der Waals surface area contributed by atoms with Crippen molar-refractivity contribution in [1.82, 2.24) is 10.2 Å². The summed E-state index contributed by atoms with van der Waals surface area (Å²) in [7, 11) is 0. The number of nitrogens with one attached hydrogen (secondary N) is 1. The van der Waals surface area contributed by atoms with Crippen LogP contribution in [0.25, 0.3) is 5.70 Å². The largest absolute Gasteiger partial charge is 0.355 e. The Morgan fingerprint density at radius 3 is 2.62 bits per heavy atom. The molecule has 1 fully saturated rings. The Hall–Kier alpha value is -2.03. The maximum atomic E-state index is 12.1. The number of piperidine rings is 1. The number of amides is 1. The predicted molar refractivity (Wildman–Crippen MR) is 87.4 cm³/mol. The van der Waals surface area contributed by atoms with Gasteiger partial charge in [-0.05, 0) is 30.9 Å². The van der Waals surface area contributed by atoms with E-state index < -0.39 is 0 Å². The third kappa shape index (κ3) is 2.73. The van der Waals surface area contributed by atoms with Crippen LogP contribution in [0.4, 0.5) is 0 Å². The minimum Gasteiger partial charge on any atom is -0.355 e. The molecule has 1 N–H and O–H groups in total. The highest BCUT2D eigenvalue weighted by atomic mass is 16.2. The lowest BCUT2D eigenvalue weighted by Gasteiger charge is -2.33. The van der Waals surface area contributed by atoms with E-state index in [-0.39, 0.29) is 11.9 Å². The van der Waals surface area contributed by atoms with E-state index in [4.69, 9.17) is 0 Å². The molecule has 1 atom stereocenters. The molecular weight excluding hydrogens is 260 g/mol. The summed E-state index contributed by atoms with van der Waals surface area (Å²) in [5, 5.41) is 2.85. The quantitative estimate of drug-likeness (QED) is 0.854. The molecule has 0 aliphatic carbocycles. The minimum atomic E-state index is -0.121. The van der Waals surface area contributed by atoms with Gasteiger partial charge >= 0.3 is 0 Å². The van der Waals surface area contributed by atoms with Crippen molar-refractivity contribution in [2.45, 2.75) is 46.2 Å². The van der Waals surface area contributed by atoms with Gasteiger partial charge in [-0.2, -0.15) is 0 Å². The van der Waals surface area contributed by atoms with Crippen molar-refractivity contribution in [3.05, 3.63) is 53.7 Å². The van der Waals surface area contributed by atoms with Crippen molar-refractivity contribution in [3.8, 4) is 0 Å². The minimum absolute atomic E-state index is 0.0443. The maximum absolute atomic E-state index is 12.1. The molecule has 1 saturated heterocycles. The Morgan fingerprint density at radius 2 is 2.00 bits per heavy atom.